The zero-order valence-electron chi connectivity index (χ0n) is 15.6. The Bertz CT molecular complexity index is 1070. The molecule has 0 heterocycles. The lowest BCUT2D eigenvalue weighted by Crippen LogP contribution is -2.00. The largest absolute Gasteiger partial charge is 0.490 e. The van der Waals surface area contributed by atoms with Crippen LogP contribution in [0.15, 0.2) is 67.3 Å². The van der Waals surface area contributed by atoms with E-state index in [1.807, 2.05) is 61.5 Å². The summed E-state index contributed by atoms with van der Waals surface area (Å²) in [6.07, 6.45) is 3.46. The van der Waals surface area contributed by atoms with Crippen LogP contribution >= 0.6 is 11.6 Å². The fourth-order valence-electron chi connectivity index (χ4n) is 3.01. The first-order valence-electron chi connectivity index (χ1n) is 8.98. The fraction of sp³-hybridized carbons (Fsp3) is 0.125. The second-order valence-electron chi connectivity index (χ2n) is 6.06. The molecule has 3 rings (SSSR count). The van der Waals surface area contributed by atoms with Crippen molar-refractivity contribution in [2.75, 3.05) is 13.2 Å². The molecule has 28 heavy (non-hydrogen) atoms. The molecule has 140 valence electrons. The van der Waals surface area contributed by atoms with Crippen LogP contribution < -0.4 is 9.47 Å². The molecule has 3 aromatic carbocycles. The van der Waals surface area contributed by atoms with E-state index < -0.39 is 0 Å². The normalized spacial score (nSPS) is 11.1. The molecule has 0 atom stereocenters. The first-order chi connectivity index (χ1) is 13.7. The zero-order chi connectivity index (χ0) is 19.9. The molecule has 0 N–H and O–H groups in total. The third-order valence-electron chi connectivity index (χ3n) is 4.19. The van der Waals surface area contributed by atoms with Gasteiger partial charge < -0.3 is 9.47 Å². The van der Waals surface area contributed by atoms with Gasteiger partial charge in [0.05, 0.1) is 23.3 Å². The molecule has 3 nitrogen and oxygen atoms in total. The minimum atomic E-state index is 0.328. The average Bonchev–Trinajstić information content (AvgIpc) is 2.71. The zero-order valence-corrected chi connectivity index (χ0v) is 16.4. The molecule has 4 heteroatoms. The van der Waals surface area contributed by atoms with E-state index in [1.165, 1.54) is 0 Å². The van der Waals surface area contributed by atoms with Crippen molar-refractivity contribution in [3.05, 3.63) is 83.4 Å². The lowest BCUT2D eigenvalue weighted by molar-refractivity contribution is 0.297. The van der Waals surface area contributed by atoms with Gasteiger partial charge in [0.2, 0.25) is 0 Å². The molecule has 0 aromatic heterocycles. The van der Waals surface area contributed by atoms with Crippen LogP contribution in [0.4, 0.5) is 0 Å². The first kappa shape index (κ1) is 19.5. The number of fused-ring (bicyclic) bond motifs is 1. The van der Waals surface area contributed by atoms with Gasteiger partial charge in [0.1, 0.15) is 6.61 Å². The van der Waals surface area contributed by atoms with Gasteiger partial charge in [-0.25, -0.2) is 0 Å². The molecule has 0 aliphatic heterocycles. The molecule has 0 spiro atoms. The van der Waals surface area contributed by atoms with Gasteiger partial charge in [-0.15, -0.1) is 0 Å². The molecule has 0 aliphatic carbocycles. The summed E-state index contributed by atoms with van der Waals surface area (Å²) >= 11 is 6.42. The van der Waals surface area contributed by atoms with Crippen molar-refractivity contribution in [3.8, 4) is 17.6 Å². The van der Waals surface area contributed by atoms with Crippen LogP contribution in [0.3, 0.4) is 0 Å². The number of halogens is 1. The van der Waals surface area contributed by atoms with Crippen LogP contribution in [0, 0.1) is 11.3 Å². The second-order valence-corrected chi connectivity index (χ2v) is 6.47. The number of rotatable bonds is 7. The maximum atomic E-state index is 9.79. The van der Waals surface area contributed by atoms with Crippen molar-refractivity contribution in [2.24, 2.45) is 0 Å². The third-order valence-corrected chi connectivity index (χ3v) is 4.47. The van der Waals surface area contributed by atoms with Gasteiger partial charge in [0.25, 0.3) is 0 Å². The number of hydrogen-bond donors (Lipinski definition) is 0. The lowest BCUT2D eigenvalue weighted by atomic mass is 9.97. The smallest absolute Gasteiger partial charge is 0.180 e. The molecule has 0 unspecified atom stereocenters. The van der Waals surface area contributed by atoms with Gasteiger partial charge in [-0.05, 0) is 41.5 Å². The Morgan fingerprint density at radius 1 is 1.14 bits per heavy atom. The maximum Gasteiger partial charge on any atom is 0.180 e. The van der Waals surface area contributed by atoms with Gasteiger partial charge in [0.15, 0.2) is 11.5 Å². The number of hydrogen-bond acceptors (Lipinski definition) is 3. The Balaban J connectivity index is 2.10. The van der Waals surface area contributed by atoms with Crippen molar-refractivity contribution in [1.29, 1.82) is 5.26 Å². The van der Waals surface area contributed by atoms with E-state index in [-0.39, 0.29) is 0 Å². The van der Waals surface area contributed by atoms with E-state index >= 15 is 0 Å². The predicted octanol–water partition coefficient (Wildman–Crippen LogP) is 6.52. The number of ether oxygens (including phenoxy) is 2. The van der Waals surface area contributed by atoms with Crippen molar-refractivity contribution in [1.82, 2.24) is 0 Å². The molecule has 0 saturated carbocycles. The molecular weight excluding hydrogens is 370 g/mol. The van der Waals surface area contributed by atoms with E-state index in [0.717, 1.165) is 21.9 Å². The monoisotopic (exact) mass is 389 g/mol. The quantitative estimate of drug-likeness (QED) is 0.262. The Kier molecular flexibility index (Phi) is 6.37. The number of allylic oxidation sites excluding steroid dienone is 1. The second kappa shape index (κ2) is 9.12. The summed E-state index contributed by atoms with van der Waals surface area (Å²) in [6, 6.07) is 19.8. The molecule has 3 aromatic rings. The van der Waals surface area contributed by atoms with E-state index in [9.17, 15) is 5.26 Å². The highest BCUT2D eigenvalue weighted by Gasteiger charge is 2.13. The molecular formula is C24H20ClNO2. The standard InChI is InChI=1S/C24H20ClNO2/c1-3-12-28-24-22(25)14-17(15-23(24)27-4-2)13-19(16-26)21-11-7-9-18-8-5-6-10-20(18)21/h3,5-11,13-15H,1,4,12H2,2H3/b19-13-. The molecule has 0 bridgehead atoms. The maximum absolute atomic E-state index is 9.79. The summed E-state index contributed by atoms with van der Waals surface area (Å²) in [5, 5.41) is 12.3. The Labute approximate surface area is 170 Å². The van der Waals surface area contributed by atoms with Crippen molar-refractivity contribution >= 4 is 34.0 Å². The summed E-state index contributed by atoms with van der Waals surface area (Å²) in [5.74, 6) is 1.02. The van der Waals surface area contributed by atoms with Crippen LogP contribution in [-0.4, -0.2) is 13.2 Å². The van der Waals surface area contributed by atoms with Gasteiger partial charge >= 0.3 is 0 Å². The van der Waals surface area contributed by atoms with Crippen molar-refractivity contribution < 1.29 is 9.47 Å². The highest BCUT2D eigenvalue weighted by atomic mass is 35.5. The highest BCUT2D eigenvalue weighted by molar-refractivity contribution is 6.32. The molecule has 0 saturated heterocycles. The van der Waals surface area contributed by atoms with Crippen LogP contribution in [0.2, 0.25) is 5.02 Å². The highest BCUT2D eigenvalue weighted by Crippen LogP contribution is 2.38. The summed E-state index contributed by atoms with van der Waals surface area (Å²) < 4.78 is 11.3. The van der Waals surface area contributed by atoms with Crippen LogP contribution in [0.1, 0.15) is 18.1 Å². The van der Waals surface area contributed by atoms with Gasteiger partial charge in [-0.1, -0.05) is 66.7 Å². The molecule has 0 fully saturated rings. The van der Waals surface area contributed by atoms with E-state index in [4.69, 9.17) is 21.1 Å². The summed E-state index contributed by atoms with van der Waals surface area (Å²) in [6.45, 7) is 6.35. The predicted molar refractivity (Wildman–Crippen MR) is 116 cm³/mol. The minimum absolute atomic E-state index is 0.328. The Morgan fingerprint density at radius 2 is 1.93 bits per heavy atom. The van der Waals surface area contributed by atoms with Crippen LogP contribution in [0.25, 0.3) is 22.4 Å². The van der Waals surface area contributed by atoms with Gasteiger partial charge in [-0.3, -0.25) is 0 Å². The topological polar surface area (TPSA) is 42.2 Å². The van der Waals surface area contributed by atoms with E-state index in [2.05, 4.69) is 12.6 Å². The van der Waals surface area contributed by atoms with E-state index in [0.29, 0.717) is 35.3 Å². The number of nitriles is 1. The van der Waals surface area contributed by atoms with Gasteiger partial charge in [-0.2, -0.15) is 5.26 Å². The lowest BCUT2D eigenvalue weighted by Gasteiger charge is -2.14. The summed E-state index contributed by atoms with van der Waals surface area (Å²) in [4.78, 5) is 0. The van der Waals surface area contributed by atoms with Crippen molar-refractivity contribution in [3.63, 3.8) is 0 Å². The van der Waals surface area contributed by atoms with Gasteiger partial charge in [0, 0.05) is 5.56 Å². The number of nitrogens with zero attached hydrogens (tertiary/aromatic N) is 1. The molecule has 0 radical (unpaired) electrons. The molecule has 0 amide bonds. The van der Waals surface area contributed by atoms with Crippen LogP contribution in [-0.2, 0) is 0 Å². The minimum Gasteiger partial charge on any atom is -0.490 e. The Morgan fingerprint density at radius 3 is 2.68 bits per heavy atom. The first-order valence-corrected chi connectivity index (χ1v) is 9.35. The van der Waals surface area contributed by atoms with E-state index in [1.54, 1.807) is 12.1 Å². The summed E-state index contributed by atoms with van der Waals surface area (Å²) in [7, 11) is 0. The van der Waals surface area contributed by atoms with Crippen molar-refractivity contribution in [2.45, 2.75) is 6.92 Å². The Hall–Kier alpha value is -3.22. The molecule has 0 aliphatic rings. The summed E-state index contributed by atoms with van der Waals surface area (Å²) in [5.41, 5.74) is 2.20. The fourth-order valence-corrected chi connectivity index (χ4v) is 3.29. The van der Waals surface area contributed by atoms with Crippen LogP contribution in [0.5, 0.6) is 11.5 Å². The third kappa shape index (κ3) is 4.19. The SMILES string of the molecule is C=CCOc1c(Cl)cc(/C=C(/C#N)c2cccc3ccccc23)cc1OCC. The average molecular weight is 390 g/mol. The number of benzene rings is 3.